The molecule has 0 fully saturated rings. The molecule has 0 bridgehead atoms. The smallest absolute Gasteiger partial charge is 0.143 e. The Hall–Kier alpha value is -7.72. The van der Waals surface area contributed by atoms with Crippen LogP contribution in [0.15, 0.2) is 229 Å². The molecule has 10 aromatic carbocycles. The number of hydrogen-bond donors (Lipinski definition) is 0. The molecule has 0 saturated carbocycles. The molecule has 0 saturated heterocycles. The van der Waals surface area contributed by atoms with Crippen LogP contribution in [0.2, 0.25) is 0 Å². The van der Waals surface area contributed by atoms with Crippen molar-refractivity contribution >= 4 is 81.3 Å². The Kier molecular flexibility index (Phi) is 8.39. The fraction of sp³-hybridized carbons (Fsp3) is 0. The molecule has 2 heterocycles. The summed E-state index contributed by atoms with van der Waals surface area (Å²) in [6, 6.07) is 81.3. The molecule has 0 aliphatic heterocycles. The van der Waals surface area contributed by atoms with Crippen molar-refractivity contribution in [1.82, 2.24) is 0 Å². The Bertz CT molecular complexity index is 3610. The maximum atomic E-state index is 6.47. The molecule has 0 aliphatic rings. The van der Waals surface area contributed by atoms with E-state index in [4.69, 9.17) is 4.42 Å². The van der Waals surface area contributed by atoms with Gasteiger partial charge in [-0.2, -0.15) is 0 Å². The summed E-state index contributed by atoms with van der Waals surface area (Å²) in [4.78, 5) is 2.41. The molecule has 2 nitrogen and oxygen atoms in total. The summed E-state index contributed by atoms with van der Waals surface area (Å²) in [5, 5.41) is 7.34. The number of anilines is 3. The maximum Gasteiger partial charge on any atom is 0.143 e. The fourth-order valence-electron chi connectivity index (χ4n) is 9.07. The molecule has 12 aromatic rings. The third-order valence-electron chi connectivity index (χ3n) is 12.1. The molecule has 2 aromatic heterocycles. The molecule has 12 rings (SSSR count). The molecule has 0 spiro atoms. The van der Waals surface area contributed by atoms with E-state index >= 15 is 0 Å². The van der Waals surface area contributed by atoms with Crippen LogP contribution in [-0.2, 0) is 0 Å². The van der Waals surface area contributed by atoms with Crippen molar-refractivity contribution < 1.29 is 4.42 Å². The first-order chi connectivity index (χ1) is 30.2. The highest BCUT2D eigenvalue weighted by atomic mass is 32.1. The second kappa shape index (κ2) is 14.5. The fourth-order valence-corrected chi connectivity index (χ4v) is 10.2. The minimum atomic E-state index is 0.903. The molecule has 0 amide bonds. The van der Waals surface area contributed by atoms with Crippen LogP contribution in [0.25, 0.3) is 97.4 Å². The van der Waals surface area contributed by atoms with Gasteiger partial charge in [-0.25, -0.2) is 0 Å². The lowest BCUT2D eigenvalue weighted by molar-refractivity contribution is 0.670. The summed E-state index contributed by atoms with van der Waals surface area (Å²) >= 11 is 1.85. The molecule has 0 unspecified atom stereocenters. The number of thiophene rings is 1. The first-order valence-corrected chi connectivity index (χ1v) is 21.5. The van der Waals surface area contributed by atoms with Gasteiger partial charge in [0.2, 0.25) is 0 Å². The molecular weight excluding hydrogens is 759 g/mol. The zero-order chi connectivity index (χ0) is 40.3. The molecule has 0 N–H and O–H groups in total. The van der Waals surface area contributed by atoms with Crippen LogP contribution in [0.5, 0.6) is 0 Å². The molecule has 61 heavy (non-hydrogen) atoms. The van der Waals surface area contributed by atoms with E-state index in [0.717, 1.165) is 55.7 Å². The molecule has 286 valence electrons. The molecule has 3 heteroatoms. The number of hydrogen-bond acceptors (Lipinski definition) is 3. The van der Waals surface area contributed by atoms with Gasteiger partial charge in [0.1, 0.15) is 11.2 Å². The lowest BCUT2D eigenvalue weighted by Crippen LogP contribution is -2.11. The summed E-state index contributed by atoms with van der Waals surface area (Å²) in [6.45, 7) is 0. The number of furan rings is 1. The van der Waals surface area contributed by atoms with Crippen molar-refractivity contribution in [3.63, 3.8) is 0 Å². The van der Waals surface area contributed by atoms with Crippen molar-refractivity contribution in [2.24, 2.45) is 0 Å². The Labute approximate surface area is 357 Å². The Balaban J connectivity index is 0.997. The van der Waals surface area contributed by atoms with E-state index in [1.807, 2.05) is 23.5 Å². The highest BCUT2D eigenvalue weighted by Gasteiger charge is 2.20. The Morgan fingerprint density at radius 3 is 1.84 bits per heavy atom. The summed E-state index contributed by atoms with van der Waals surface area (Å²) < 4.78 is 9.08. The standard InChI is InChI=1S/C58H37NOS/c1-2-13-40-34-44(27-26-38(40)12-1)42-15-9-14-41(35-42)43-16-10-17-47(36-43)59(46-31-28-39(29-32-46)49-21-11-22-52-50-19-4-7-24-55(50)60-58(49)52)54-23-6-3-18-48(54)45-30-33-57-53(37-45)51-20-5-8-25-56(51)61-57/h1-37H. The average molecular weight is 796 g/mol. The van der Waals surface area contributed by atoms with Gasteiger partial charge in [0.05, 0.1) is 5.69 Å². The van der Waals surface area contributed by atoms with Crippen molar-refractivity contribution in [1.29, 1.82) is 0 Å². The summed E-state index contributed by atoms with van der Waals surface area (Å²) in [6.07, 6.45) is 0. The number of benzene rings is 10. The third kappa shape index (κ3) is 6.18. The van der Waals surface area contributed by atoms with E-state index in [1.54, 1.807) is 0 Å². The SMILES string of the molecule is c1cc(-c2cccc(N(c3ccc(-c4cccc5c4oc4ccccc45)cc3)c3ccccc3-c3ccc4sc5ccccc5c4c3)c2)cc(-c2ccc3ccccc3c2)c1. The van der Waals surface area contributed by atoms with Crippen molar-refractivity contribution in [3.8, 4) is 44.5 Å². The predicted molar refractivity (Wildman–Crippen MR) is 261 cm³/mol. The quantitative estimate of drug-likeness (QED) is 0.160. The number of rotatable bonds is 7. The molecular formula is C58H37NOS. The van der Waals surface area contributed by atoms with Gasteiger partial charge in [0, 0.05) is 53.4 Å². The van der Waals surface area contributed by atoms with E-state index < -0.39 is 0 Å². The normalized spacial score (nSPS) is 11.6. The van der Waals surface area contributed by atoms with Gasteiger partial charge in [-0.1, -0.05) is 158 Å². The predicted octanol–water partition coefficient (Wildman–Crippen LogP) is 17.2. The Morgan fingerprint density at radius 2 is 0.951 bits per heavy atom. The van der Waals surface area contributed by atoms with Gasteiger partial charge in [0.15, 0.2) is 0 Å². The second-order valence-corrected chi connectivity index (χ2v) is 16.8. The van der Waals surface area contributed by atoms with E-state index in [9.17, 15) is 0 Å². The first kappa shape index (κ1) is 35.2. The largest absolute Gasteiger partial charge is 0.455 e. The van der Waals surface area contributed by atoms with Crippen LogP contribution < -0.4 is 4.90 Å². The monoisotopic (exact) mass is 795 g/mol. The molecule has 0 aliphatic carbocycles. The minimum Gasteiger partial charge on any atom is -0.455 e. The van der Waals surface area contributed by atoms with Gasteiger partial charge in [0.25, 0.3) is 0 Å². The number of para-hydroxylation sites is 3. The van der Waals surface area contributed by atoms with E-state index in [-0.39, 0.29) is 0 Å². The third-order valence-corrected chi connectivity index (χ3v) is 13.2. The van der Waals surface area contributed by atoms with E-state index in [1.165, 1.54) is 58.8 Å². The lowest BCUT2D eigenvalue weighted by Gasteiger charge is -2.28. The summed E-state index contributed by atoms with van der Waals surface area (Å²) in [5.74, 6) is 0. The number of nitrogens with zero attached hydrogens (tertiary/aromatic N) is 1. The van der Waals surface area contributed by atoms with Gasteiger partial charge in [-0.15, -0.1) is 11.3 Å². The molecule has 0 radical (unpaired) electrons. The molecule has 0 atom stereocenters. The van der Waals surface area contributed by atoms with Gasteiger partial charge >= 0.3 is 0 Å². The van der Waals surface area contributed by atoms with Crippen LogP contribution in [0, 0.1) is 0 Å². The Morgan fingerprint density at radius 1 is 0.328 bits per heavy atom. The zero-order valence-electron chi connectivity index (χ0n) is 33.1. The van der Waals surface area contributed by atoms with Gasteiger partial charge in [-0.3, -0.25) is 0 Å². The average Bonchev–Trinajstić information content (AvgIpc) is 3.90. The van der Waals surface area contributed by atoms with Crippen LogP contribution in [0.1, 0.15) is 0 Å². The highest BCUT2D eigenvalue weighted by molar-refractivity contribution is 7.25. The van der Waals surface area contributed by atoms with Crippen LogP contribution in [0.4, 0.5) is 17.1 Å². The van der Waals surface area contributed by atoms with Crippen LogP contribution >= 0.6 is 11.3 Å². The van der Waals surface area contributed by atoms with Crippen molar-refractivity contribution in [2.75, 3.05) is 4.90 Å². The lowest BCUT2D eigenvalue weighted by atomic mass is 9.96. The van der Waals surface area contributed by atoms with Crippen LogP contribution in [-0.4, -0.2) is 0 Å². The van der Waals surface area contributed by atoms with Gasteiger partial charge in [-0.05, 0) is 111 Å². The topological polar surface area (TPSA) is 16.4 Å². The van der Waals surface area contributed by atoms with Gasteiger partial charge < -0.3 is 9.32 Å². The zero-order valence-corrected chi connectivity index (χ0v) is 33.9. The van der Waals surface area contributed by atoms with E-state index in [2.05, 4.69) is 217 Å². The summed E-state index contributed by atoms with van der Waals surface area (Å²) in [7, 11) is 0. The first-order valence-electron chi connectivity index (χ1n) is 20.7. The second-order valence-electron chi connectivity index (χ2n) is 15.7. The highest BCUT2D eigenvalue weighted by Crippen LogP contribution is 2.45. The summed E-state index contributed by atoms with van der Waals surface area (Å²) in [5.41, 5.74) is 14.3. The number of fused-ring (bicyclic) bond motifs is 7. The van der Waals surface area contributed by atoms with Crippen LogP contribution in [0.3, 0.4) is 0 Å². The minimum absolute atomic E-state index is 0.903. The van der Waals surface area contributed by atoms with E-state index in [0.29, 0.717) is 0 Å². The van der Waals surface area contributed by atoms with Crippen molar-refractivity contribution in [2.45, 2.75) is 0 Å². The maximum absolute atomic E-state index is 6.47. The van der Waals surface area contributed by atoms with Crippen molar-refractivity contribution in [3.05, 3.63) is 224 Å².